The number of nitrogens with two attached hydrogens (primary N) is 1. The zero-order valence-electron chi connectivity index (χ0n) is 19.4. The topological polar surface area (TPSA) is 96.2 Å². The summed E-state index contributed by atoms with van der Waals surface area (Å²) in [5.74, 6) is -0.418. The molecule has 2 atom stereocenters. The largest absolute Gasteiger partial charge is 0.354 e. The fraction of sp³-hybridized carbons (Fsp3) is 0.462. The Morgan fingerprint density at radius 2 is 1.53 bits per heavy atom. The Hall–Kier alpha value is -2.70. The van der Waals surface area contributed by atoms with E-state index in [-0.39, 0.29) is 11.8 Å². The average molecular weight is 439 g/mol. The first-order chi connectivity index (χ1) is 15.5. The Balaban J connectivity index is 1.80. The van der Waals surface area contributed by atoms with Gasteiger partial charge in [0.2, 0.25) is 11.8 Å². The third-order valence-corrected chi connectivity index (χ3v) is 5.54. The zero-order chi connectivity index (χ0) is 23.2. The van der Waals surface area contributed by atoms with Gasteiger partial charge in [-0.25, -0.2) is 0 Å². The van der Waals surface area contributed by atoms with Crippen molar-refractivity contribution >= 4 is 11.8 Å². The van der Waals surface area contributed by atoms with Crippen molar-refractivity contribution in [2.24, 2.45) is 5.73 Å². The Labute approximate surface area is 192 Å². The number of carbonyl (C=O) groups excluding carboxylic acids is 2. The van der Waals surface area contributed by atoms with Crippen LogP contribution in [0.4, 0.5) is 0 Å². The van der Waals surface area contributed by atoms with Gasteiger partial charge in [0.25, 0.3) is 0 Å². The first kappa shape index (κ1) is 25.6. The van der Waals surface area contributed by atoms with Crippen LogP contribution in [0.5, 0.6) is 0 Å². The van der Waals surface area contributed by atoms with E-state index in [0.717, 1.165) is 37.8 Å². The van der Waals surface area contributed by atoms with E-state index in [1.54, 1.807) is 0 Å². The van der Waals surface area contributed by atoms with Crippen LogP contribution in [0.1, 0.15) is 42.4 Å². The lowest BCUT2D eigenvalue weighted by Gasteiger charge is -2.21. The van der Waals surface area contributed by atoms with E-state index >= 15 is 0 Å². The third-order valence-electron chi connectivity index (χ3n) is 5.54. The molecule has 0 unspecified atom stereocenters. The predicted octanol–water partition coefficient (Wildman–Crippen LogP) is 2.49. The molecule has 0 radical (unpaired) electrons. The predicted molar refractivity (Wildman–Crippen MR) is 130 cm³/mol. The lowest BCUT2D eigenvalue weighted by Crippen LogP contribution is -2.52. The van der Waals surface area contributed by atoms with Gasteiger partial charge in [-0.1, -0.05) is 60.2 Å². The average Bonchev–Trinajstić information content (AvgIpc) is 2.81. The summed E-state index contributed by atoms with van der Waals surface area (Å²) in [6.07, 6.45) is 4.38. The normalized spacial score (nSPS) is 12.7. The van der Waals surface area contributed by atoms with Crippen molar-refractivity contribution in [3.63, 3.8) is 0 Å². The standard InChI is InChI=1S/C26H38N4O2/c1-20-12-14-22(15-13-20)10-6-19-29-26(32)24(11-7-18-28-2)30-25(31)23(27)17-16-21-8-4-3-5-9-21/h3-5,8-9,12-15,23-24,28H,6-7,10-11,16-19,27H2,1-2H3,(H,29,32)(H,30,31)/t23-,24-/m0/s1. The van der Waals surface area contributed by atoms with Crippen LogP contribution < -0.4 is 21.7 Å². The van der Waals surface area contributed by atoms with Crippen molar-refractivity contribution in [2.45, 2.75) is 57.5 Å². The third kappa shape index (κ3) is 9.62. The molecule has 2 amide bonds. The highest BCUT2D eigenvalue weighted by Gasteiger charge is 2.23. The second kappa shape index (κ2) is 14.4. The van der Waals surface area contributed by atoms with E-state index in [9.17, 15) is 9.59 Å². The fourth-order valence-electron chi connectivity index (χ4n) is 3.51. The second-order valence-electron chi connectivity index (χ2n) is 8.32. The molecule has 0 bridgehead atoms. The summed E-state index contributed by atoms with van der Waals surface area (Å²) in [6, 6.07) is 17.2. The lowest BCUT2D eigenvalue weighted by molar-refractivity contribution is -0.129. The highest BCUT2D eigenvalue weighted by molar-refractivity contribution is 5.89. The van der Waals surface area contributed by atoms with Crippen molar-refractivity contribution in [2.75, 3.05) is 20.1 Å². The number of hydrogen-bond donors (Lipinski definition) is 4. The number of aryl methyl sites for hydroxylation is 3. The Kier molecular flexibility index (Phi) is 11.5. The van der Waals surface area contributed by atoms with Gasteiger partial charge in [-0.05, 0) is 70.2 Å². The molecule has 0 aliphatic heterocycles. The molecule has 2 aromatic carbocycles. The van der Waals surface area contributed by atoms with Crippen molar-refractivity contribution in [1.29, 1.82) is 0 Å². The summed E-state index contributed by atoms with van der Waals surface area (Å²) < 4.78 is 0. The van der Waals surface area contributed by atoms with Crippen molar-refractivity contribution in [1.82, 2.24) is 16.0 Å². The van der Waals surface area contributed by atoms with E-state index in [0.29, 0.717) is 19.4 Å². The molecule has 6 nitrogen and oxygen atoms in total. The minimum Gasteiger partial charge on any atom is -0.354 e. The van der Waals surface area contributed by atoms with E-state index in [2.05, 4.69) is 47.1 Å². The highest BCUT2D eigenvalue weighted by atomic mass is 16.2. The molecule has 0 heterocycles. The summed E-state index contributed by atoms with van der Waals surface area (Å²) in [5, 5.41) is 8.93. The van der Waals surface area contributed by atoms with E-state index in [4.69, 9.17) is 5.73 Å². The Bertz CT molecular complexity index is 808. The van der Waals surface area contributed by atoms with Gasteiger partial charge in [-0.2, -0.15) is 0 Å². The van der Waals surface area contributed by atoms with Gasteiger partial charge in [0.05, 0.1) is 6.04 Å². The first-order valence-electron chi connectivity index (χ1n) is 11.6. The van der Waals surface area contributed by atoms with Crippen LogP contribution in [0, 0.1) is 6.92 Å². The van der Waals surface area contributed by atoms with Gasteiger partial charge in [-0.3, -0.25) is 9.59 Å². The molecule has 0 fully saturated rings. The van der Waals surface area contributed by atoms with Crippen LogP contribution in [0.2, 0.25) is 0 Å². The lowest BCUT2D eigenvalue weighted by atomic mass is 10.0. The molecule has 0 aromatic heterocycles. The van der Waals surface area contributed by atoms with Gasteiger partial charge in [0, 0.05) is 6.54 Å². The summed E-state index contributed by atoms with van der Waals surface area (Å²) >= 11 is 0. The van der Waals surface area contributed by atoms with Crippen LogP contribution in [0.25, 0.3) is 0 Å². The van der Waals surface area contributed by atoms with Gasteiger partial charge in [-0.15, -0.1) is 0 Å². The molecular weight excluding hydrogens is 400 g/mol. The fourth-order valence-corrected chi connectivity index (χ4v) is 3.51. The summed E-state index contributed by atoms with van der Waals surface area (Å²) in [4.78, 5) is 25.4. The number of carbonyl (C=O) groups is 2. The van der Waals surface area contributed by atoms with Crippen LogP contribution in [0.3, 0.4) is 0 Å². The quantitative estimate of drug-likeness (QED) is 0.341. The maximum absolute atomic E-state index is 12.7. The number of rotatable bonds is 14. The molecule has 0 aliphatic rings. The SMILES string of the molecule is CNCCC[C@H](NC(=O)[C@@H](N)CCc1ccccc1)C(=O)NCCCc1ccc(C)cc1. The molecule has 0 aliphatic carbocycles. The molecule has 5 N–H and O–H groups in total. The second-order valence-corrected chi connectivity index (χ2v) is 8.32. The van der Waals surface area contributed by atoms with Crippen LogP contribution in [-0.4, -0.2) is 44.0 Å². The minimum absolute atomic E-state index is 0.145. The summed E-state index contributed by atoms with van der Waals surface area (Å²) in [7, 11) is 1.87. The molecule has 2 aromatic rings. The molecular formula is C26H38N4O2. The molecule has 6 heteroatoms. The van der Waals surface area contributed by atoms with Crippen molar-refractivity contribution in [3.05, 3.63) is 71.3 Å². The molecule has 2 rings (SSSR count). The molecule has 0 spiro atoms. The van der Waals surface area contributed by atoms with Crippen LogP contribution in [0.15, 0.2) is 54.6 Å². The first-order valence-corrected chi connectivity index (χ1v) is 11.6. The van der Waals surface area contributed by atoms with Gasteiger partial charge < -0.3 is 21.7 Å². The van der Waals surface area contributed by atoms with Gasteiger partial charge in [0.1, 0.15) is 6.04 Å². The molecule has 32 heavy (non-hydrogen) atoms. The number of hydrogen-bond acceptors (Lipinski definition) is 4. The minimum atomic E-state index is -0.642. The maximum Gasteiger partial charge on any atom is 0.242 e. The number of nitrogens with one attached hydrogen (secondary N) is 3. The van der Waals surface area contributed by atoms with Crippen molar-refractivity contribution in [3.8, 4) is 0 Å². The Morgan fingerprint density at radius 1 is 0.844 bits per heavy atom. The number of amides is 2. The smallest absolute Gasteiger partial charge is 0.242 e. The van der Waals surface area contributed by atoms with Crippen LogP contribution in [-0.2, 0) is 22.4 Å². The summed E-state index contributed by atoms with van der Waals surface area (Å²) in [6.45, 7) is 3.43. The molecule has 0 saturated carbocycles. The molecule has 0 saturated heterocycles. The van der Waals surface area contributed by atoms with E-state index in [1.165, 1.54) is 11.1 Å². The summed E-state index contributed by atoms with van der Waals surface area (Å²) in [5.41, 5.74) is 9.75. The van der Waals surface area contributed by atoms with Crippen LogP contribution >= 0.6 is 0 Å². The molecule has 174 valence electrons. The zero-order valence-corrected chi connectivity index (χ0v) is 19.4. The van der Waals surface area contributed by atoms with E-state index < -0.39 is 12.1 Å². The van der Waals surface area contributed by atoms with E-state index in [1.807, 2.05) is 37.4 Å². The monoisotopic (exact) mass is 438 g/mol. The Morgan fingerprint density at radius 3 is 2.22 bits per heavy atom. The highest BCUT2D eigenvalue weighted by Crippen LogP contribution is 2.07. The number of benzene rings is 2. The van der Waals surface area contributed by atoms with Gasteiger partial charge >= 0.3 is 0 Å². The van der Waals surface area contributed by atoms with Crippen molar-refractivity contribution < 1.29 is 9.59 Å². The van der Waals surface area contributed by atoms with Gasteiger partial charge in [0.15, 0.2) is 0 Å². The maximum atomic E-state index is 12.7.